The molecule has 2 N–H and O–H groups in total. The van der Waals surface area contributed by atoms with Crippen LogP contribution in [-0.4, -0.2) is 23.1 Å². The zero-order chi connectivity index (χ0) is 8.27. The molecule has 4 heteroatoms. The van der Waals surface area contributed by atoms with E-state index in [1.165, 1.54) is 0 Å². The first-order valence-electron chi connectivity index (χ1n) is 3.72. The molecule has 0 amide bonds. The molecule has 1 aromatic rings. The first-order chi connectivity index (χ1) is 5.29. The van der Waals surface area contributed by atoms with Crippen molar-refractivity contribution in [2.75, 3.05) is 24.2 Å². The highest BCUT2D eigenvalue weighted by Crippen LogP contribution is 2.16. The molecule has 1 aromatic heterocycles. The zero-order valence-corrected chi connectivity index (χ0v) is 7.18. The molecule has 62 valence electrons. The van der Waals surface area contributed by atoms with Gasteiger partial charge in [-0.15, -0.1) is 0 Å². The predicted molar refractivity (Wildman–Crippen MR) is 46.9 cm³/mol. The van der Waals surface area contributed by atoms with Gasteiger partial charge in [-0.05, 0) is 6.92 Å². The van der Waals surface area contributed by atoms with Crippen molar-refractivity contribution in [2.45, 2.75) is 6.92 Å². The number of nitrogens with zero attached hydrogens (tertiary/aromatic N) is 2. The van der Waals surface area contributed by atoms with Gasteiger partial charge in [-0.3, -0.25) is 0 Å². The van der Waals surface area contributed by atoms with Gasteiger partial charge in [-0.25, -0.2) is 4.98 Å². The molecule has 1 heterocycles. The standard InChI is InChI=1S/C7H14N4/c1-4-9-6-7(8-2)11(3)5-10-6/h5,8-9H,4H2,1-3H3. The lowest BCUT2D eigenvalue weighted by molar-refractivity contribution is 0.918. The maximum atomic E-state index is 4.17. The Balaban J connectivity index is 2.86. The SMILES string of the molecule is CCNc1ncn(C)c1NC. The monoisotopic (exact) mass is 154 g/mol. The van der Waals surface area contributed by atoms with E-state index in [1.807, 2.05) is 25.6 Å². The highest BCUT2D eigenvalue weighted by molar-refractivity contribution is 5.59. The van der Waals surface area contributed by atoms with Crippen molar-refractivity contribution in [1.29, 1.82) is 0 Å². The number of aromatic nitrogens is 2. The molecule has 0 atom stereocenters. The second-order valence-corrected chi connectivity index (χ2v) is 2.33. The molecule has 0 spiro atoms. The highest BCUT2D eigenvalue weighted by atomic mass is 15.2. The van der Waals surface area contributed by atoms with Crippen LogP contribution in [0.2, 0.25) is 0 Å². The third-order valence-electron chi connectivity index (χ3n) is 1.52. The number of nitrogens with one attached hydrogen (secondary N) is 2. The minimum absolute atomic E-state index is 0.895. The van der Waals surface area contributed by atoms with Crippen LogP contribution >= 0.6 is 0 Å². The molecule has 0 saturated carbocycles. The van der Waals surface area contributed by atoms with E-state index in [1.54, 1.807) is 6.33 Å². The molecular weight excluding hydrogens is 140 g/mol. The van der Waals surface area contributed by atoms with Gasteiger partial charge in [-0.2, -0.15) is 0 Å². The summed E-state index contributed by atoms with van der Waals surface area (Å²) in [7, 11) is 3.84. The van der Waals surface area contributed by atoms with Crippen molar-refractivity contribution in [3.8, 4) is 0 Å². The third kappa shape index (κ3) is 1.45. The Bertz CT molecular complexity index is 228. The van der Waals surface area contributed by atoms with Crippen LogP contribution in [0.15, 0.2) is 6.33 Å². The summed E-state index contributed by atoms with van der Waals surface area (Å²) in [5.74, 6) is 1.93. The second kappa shape index (κ2) is 3.27. The Morgan fingerprint density at radius 3 is 2.91 bits per heavy atom. The zero-order valence-electron chi connectivity index (χ0n) is 7.18. The lowest BCUT2D eigenvalue weighted by Crippen LogP contribution is -2.02. The van der Waals surface area contributed by atoms with Crippen LogP contribution in [0.4, 0.5) is 11.6 Å². The quantitative estimate of drug-likeness (QED) is 0.679. The van der Waals surface area contributed by atoms with Gasteiger partial charge in [0.15, 0.2) is 5.82 Å². The molecule has 0 aromatic carbocycles. The van der Waals surface area contributed by atoms with Crippen LogP contribution in [0.3, 0.4) is 0 Å². The van der Waals surface area contributed by atoms with Crippen LogP contribution in [0.25, 0.3) is 0 Å². The summed E-state index contributed by atoms with van der Waals surface area (Å²) in [4.78, 5) is 4.17. The average Bonchev–Trinajstić information content (AvgIpc) is 2.33. The van der Waals surface area contributed by atoms with Crippen molar-refractivity contribution in [2.24, 2.45) is 7.05 Å². The maximum absolute atomic E-state index is 4.17. The Hall–Kier alpha value is -1.19. The summed E-state index contributed by atoms with van der Waals surface area (Å²) in [5.41, 5.74) is 0. The second-order valence-electron chi connectivity index (χ2n) is 2.33. The third-order valence-corrected chi connectivity index (χ3v) is 1.52. The first-order valence-corrected chi connectivity index (χ1v) is 3.72. The first kappa shape index (κ1) is 7.91. The summed E-state index contributed by atoms with van der Waals surface area (Å²) in [5, 5.41) is 6.22. The lowest BCUT2D eigenvalue weighted by atomic mass is 10.6. The van der Waals surface area contributed by atoms with Gasteiger partial charge in [0.25, 0.3) is 0 Å². The number of rotatable bonds is 3. The molecule has 0 aliphatic rings. The number of anilines is 2. The fourth-order valence-electron chi connectivity index (χ4n) is 1.02. The maximum Gasteiger partial charge on any atom is 0.168 e. The molecule has 0 bridgehead atoms. The van der Waals surface area contributed by atoms with E-state index in [9.17, 15) is 0 Å². The molecule has 0 fully saturated rings. The van der Waals surface area contributed by atoms with E-state index in [0.29, 0.717) is 0 Å². The molecule has 0 radical (unpaired) electrons. The van der Waals surface area contributed by atoms with Crippen molar-refractivity contribution < 1.29 is 0 Å². The molecule has 0 unspecified atom stereocenters. The van der Waals surface area contributed by atoms with E-state index < -0.39 is 0 Å². The van der Waals surface area contributed by atoms with Crippen molar-refractivity contribution in [1.82, 2.24) is 9.55 Å². The molecule has 0 saturated heterocycles. The normalized spacial score (nSPS) is 9.73. The van der Waals surface area contributed by atoms with E-state index in [-0.39, 0.29) is 0 Å². The van der Waals surface area contributed by atoms with E-state index in [2.05, 4.69) is 15.6 Å². The summed E-state index contributed by atoms with van der Waals surface area (Å²) in [6.45, 7) is 2.94. The predicted octanol–water partition coefficient (Wildman–Crippen LogP) is 0.894. The molecule has 4 nitrogen and oxygen atoms in total. The van der Waals surface area contributed by atoms with Gasteiger partial charge in [-0.1, -0.05) is 0 Å². The van der Waals surface area contributed by atoms with E-state index >= 15 is 0 Å². The average molecular weight is 154 g/mol. The van der Waals surface area contributed by atoms with Gasteiger partial charge < -0.3 is 15.2 Å². The molecular formula is C7H14N4. The van der Waals surface area contributed by atoms with Crippen LogP contribution in [0, 0.1) is 0 Å². The fourth-order valence-corrected chi connectivity index (χ4v) is 1.02. The van der Waals surface area contributed by atoms with Crippen molar-refractivity contribution in [3.63, 3.8) is 0 Å². The fraction of sp³-hybridized carbons (Fsp3) is 0.571. The topological polar surface area (TPSA) is 41.9 Å². The number of hydrogen-bond donors (Lipinski definition) is 2. The van der Waals surface area contributed by atoms with Crippen LogP contribution in [-0.2, 0) is 7.05 Å². The van der Waals surface area contributed by atoms with Crippen molar-refractivity contribution in [3.05, 3.63) is 6.33 Å². The van der Waals surface area contributed by atoms with E-state index in [0.717, 1.165) is 18.2 Å². The highest BCUT2D eigenvalue weighted by Gasteiger charge is 2.03. The molecule has 11 heavy (non-hydrogen) atoms. The Morgan fingerprint density at radius 2 is 2.36 bits per heavy atom. The van der Waals surface area contributed by atoms with Gasteiger partial charge in [0.05, 0.1) is 6.33 Å². The Morgan fingerprint density at radius 1 is 1.64 bits per heavy atom. The van der Waals surface area contributed by atoms with Gasteiger partial charge in [0.1, 0.15) is 5.82 Å². The Labute approximate surface area is 66.6 Å². The van der Waals surface area contributed by atoms with Gasteiger partial charge in [0, 0.05) is 20.6 Å². The molecule has 0 aliphatic heterocycles. The summed E-state index contributed by atoms with van der Waals surface area (Å²) in [6, 6.07) is 0. The largest absolute Gasteiger partial charge is 0.371 e. The number of aryl methyl sites for hydroxylation is 1. The minimum Gasteiger partial charge on any atom is -0.371 e. The Kier molecular flexibility index (Phi) is 2.36. The smallest absolute Gasteiger partial charge is 0.168 e. The number of imidazole rings is 1. The lowest BCUT2D eigenvalue weighted by Gasteiger charge is -2.04. The van der Waals surface area contributed by atoms with Gasteiger partial charge in [0.2, 0.25) is 0 Å². The molecule has 1 rings (SSSR count). The van der Waals surface area contributed by atoms with Crippen LogP contribution < -0.4 is 10.6 Å². The van der Waals surface area contributed by atoms with Crippen molar-refractivity contribution >= 4 is 11.6 Å². The van der Waals surface area contributed by atoms with Crippen LogP contribution in [0.1, 0.15) is 6.92 Å². The van der Waals surface area contributed by atoms with Crippen LogP contribution in [0.5, 0.6) is 0 Å². The number of hydrogen-bond acceptors (Lipinski definition) is 3. The van der Waals surface area contributed by atoms with Gasteiger partial charge >= 0.3 is 0 Å². The summed E-state index contributed by atoms with van der Waals surface area (Å²) >= 11 is 0. The summed E-state index contributed by atoms with van der Waals surface area (Å²) < 4.78 is 1.94. The van der Waals surface area contributed by atoms with E-state index in [4.69, 9.17) is 0 Å². The molecule has 0 aliphatic carbocycles. The minimum atomic E-state index is 0.895. The summed E-state index contributed by atoms with van der Waals surface area (Å²) in [6.07, 6.45) is 1.78.